The number of H-pyrrole nitrogens is 1. The van der Waals surface area contributed by atoms with Gasteiger partial charge in [-0.05, 0) is 18.6 Å². The van der Waals surface area contributed by atoms with E-state index in [9.17, 15) is 4.21 Å². The van der Waals surface area contributed by atoms with E-state index >= 15 is 0 Å². The number of aromatic amines is 1. The molecule has 80 valence electrons. The van der Waals surface area contributed by atoms with Crippen molar-refractivity contribution in [2.45, 2.75) is 26.3 Å². The molecule has 1 N–H and O–H groups in total. The third-order valence-corrected chi connectivity index (χ3v) is 3.14. The first-order valence-corrected chi connectivity index (χ1v) is 6.72. The first-order valence-electron chi connectivity index (χ1n) is 4.59. The largest absolute Gasteiger partial charge is 0.304 e. The molecule has 0 saturated carbocycles. The molecule has 0 amide bonds. The molecule has 1 atom stereocenters. The normalized spacial score (nSPS) is 13.0. The number of rotatable bonds is 5. The summed E-state index contributed by atoms with van der Waals surface area (Å²) in [4.78, 5) is 0. The van der Waals surface area contributed by atoms with E-state index in [0.717, 1.165) is 31.0 Å². The van der Waals surface area contributed by atoms with Gasteiger partial charge in [-0.15, -0.1) is 0 Å². The van der Waals surface area contributed by atoms with E-state index in [4.69, 9.17) is 12.2 Å². The van der Waals surface area contributed by atoms with Crippen molar-refractivity contribution in [3.05, 3.63) is 10.6 Å². The molecule has 0 fully saturated rings. The van der Waals surface area contributed by atoms with Gasteiger partial charge in [0.1, 0.15) is 5.82 Å². The van der Waals surface area contributed by atoms with Crippen LogP contribution in [-0.2, 0) is 23.8 Å². The maximum Gasteiger partial charge on any atom is 0.195 e. The van der Waals surface area contributed by atoms with Crippen molar-refractivity contribution in [3.63, 3.8) is 0 Å². The Hall–Kier alpha value is -0.490. The van der Waals surface area contributed by atoms with Crippen molar-refractivity contribution >= 4 is 23.0 Å². The molecule has 1 aromatic heterocycles. The summed E-state index contributed by atoms with van der Waals surface area (Å²) in [6, 6.07) is 0. The zero-order valence-corrected chi connectivity index (χ0v) is 10.1. The molecule has 14 heavy (non-hydrogen) atoms. The van der Waals surface area contributed by atoms with Crippen LogP contribution < -0.4 is 0 Å². The lowest BCUT2D eigenvalue weighted by Gasteiger charge is -2.03. The second kappa shape index (κ2) is 5.41. The first kappa shape index (κ1) is 11.6. The van der Waals surface area contributed by atoms with Crippen molar-refractivity contribution in [3.8, 4) is 0 Å². The highest BCUT2D eigenvalue weighted by molar-refractivity contribution is 7.84. The Morgan fingerprint density at radius 1 is 1.64 bits per heavy atom. The molecule has 0 aliphatic heterocycles. The monoisotopic (exact) mass is 233 g/mol. The molecular formula is C8H15N3OS2. The molecule has 6 heteroatoms. The van der Waals surface area contributed by atoms with Gasteiger partial charge < -0.3 is 4.57 Å². The van der Waals surface area contributed by atoms with Gasteiger partial charge in [-0.1, -0.05) is 6.92 Å². The van der Waals surface area contributed by atoms with Crippen LogP contribution in [0.5, 0.6) is 0 Å². The predicted molar refractivity (Wildman–Crippen MR) is 60.3 cm³/mol. The Labute approximate surface area is 91.2 Å². The van der Waals surface area contributed by atoms with E-state index in [-0.39, 0.29) is 0 Å². The van der Waals surface area contributed by atoms with E-state index in [0.29, 0.717) is 4.77 Å². The number of hydrogen-bond acceptors (Lipinski definition) is 3. The highest BCUT2D eigenvalue weighted by Gasteiger charge is 2.03. The second-order valence-corrected chi connectivity index (χ2v) is 5.02. The second-order valence-electron chi connectivity index (χ2n) is 3.08. The molecular weight excluding hydrogens is 218 g/mol. The van der Waals surface area contributed by atoms with Gasteiger partial charge in [-0.2, -0.15) is 5.10 Å². The molecule has 4 nitrogen and oxygen atoms in total. The van der Waals surface area contributed by atoms with E-state index in [2.05, 4.69) is 10.2 Å². The lowest BCUT2D eigenvalue weighted by Crippen LogP contribution is -2.06. The van der Waals surface area contributed by atoms with Crippen LogP contribution in [0.25, 0.3) is 0 Å². The minimum atomic E-state index is -0.720. The van der Waals surface area contributed by atoms with E-state index < -0.39 is 10.8 Å². The average Bonchev–Trinajstić information content (AvgIpc) is 2.47. The highest BCUT2D eigenvalue weighted by Crippen LogP contribution is 2.00. The van der Waals surface area contributed by atoms with Gasteiger partial charge in [-0.3, -0.25) is 9.31 Å². The van der Waals surface area contributed by atoms with E-state index in [1.54, 1.807) is 6.26 Å². The molecule has 0 aromatic carbocycles. The van der Waals surface area contributed by atoms with Gasteiger partial charge in [0.05, 0.1) is 0 Å². The SMILES string of the molecule is CCc1n[nH]c(=S)n1CCCS(C)=O. The summed E-state index contributed by atoms with van der Waals surface area (Å²) in [6.07, 6.45) is 3.46. The summed E-state index contributed by atoms with van der Waals surface area (Å²) >= 11 is 5.09. The van der Waals surface area contributed by atoms with Crippen LogP contribution in [0.4, 0.5) is 0 Å². The molecule has 1 aromatic rings. The molecule has 0 radical (unpaired) electrons. The quantitative estimate of drug-likeness (QED) is 0.779. The van der Waals surface area contributed by atoms with Crippen molar-refractivity contribution in [2.75, 3.05) is 12.0 Å². The van der Waals surface area contributed by atoms with E-state index in [1.165, 1.54) is 0 Å². The van der Waals surface area contributed by atoms with Crippen LogP contribution in [0.15, 0.2) is 0 Å². The predicted octanol–water partition coefficient (Wildman–Crippen LogP) is 1.27. The third-order valence-electron chi connectivity index (χ3n) is 1.97. The van der Waals surface area contributed by atoms with Crippen molar-refractivity contribution in [1.29, 1.82) is 0 Å². The third kappa shape index (κ3) is 3.02. The zero-order chi connectivity index (χ0) is 10.6. The van der Waals surface area contributed by atoms with Crippen LogP contribution in [0.3, 0.4) is 0 Å². The Kier molecular flexibility index (Phi) is 4.47. The van der Waals surface area contributed by atoms with Crippen LogP contribution in [0, 0.1) is 4.77 Å². The summed E-state index contributed by atoms with van der Waals surface area (Å²) in [5.41, 5.74) is 0. The number of nitrogens with one attached hydrogen (secondary N) is 1. The summed E-state index contributed by atoms with van der Waals surface area (Å²) in [5.74, 6) is 1.69. The number of hydrogen-bond donors (Lipinski definition) is 1. The molecule has 1 unspecified atom stereocenters. The fraction of sp³-hybridized carbons (Fsp3) is 0.750. The van der Waals surface area contributed by atoms with E-state index in [1.807, 2.05) is 11.5 Å². The number of aromatic nitrogens is 3. The minimum Gasteiger partial charge on any atom is -0.304 e. The van der Waals surface area contributed by atoms with Crippen LogP contribution >= 0.6 is 12.2 Å². The molecule has 0 aliphatic rings. The fourth-order valence-corrected chi connectivity index (χ4v) is 2.05. The summed E-state index contributed by atoms with van der Waals surface area (Å²) in [5, 5.41) is 6.87. The van der Waals surface area contributed by atoms with Gasteiger partial charge in [0.15, 0.2) is 4.77 Å². The number of aryl methyl sites for hydroxylation is 1. The summed E-state index contributed by atoms with van der Waals surface area (Å²) in [7, 11) is -0.720. The Balaban J connectivity index is 2.61. The minimum absolute atomic E-state index is 0.656. The summed E-state index contributed by atoms with van der Waals surface area (Å²) < 4.78 is 13.5. The first-order chi connectivity index (χ1) is 6.65. The topological polar surface area (TPSA) is 50.7 Å². The maximum atomic E-state index is 10.9. The van der Waals surface area contributed by atoms with Crippen molar-refractivity contribution in [2.24, 2.45) is 0 Å². The van der Waals surface area contributed by atoms with Crippen LogP contribution in [0.2, 0.25) is 0 Å². The molecule has 0 saturated heterocycles. The zero-order valence-electron chi connectivity index (χ0n) is 8.45. The van der Waals surface area contributed by atoms with Gasteiger partial charge >= 0.3 is 0 Å². The molecule has 0 aliphatic carbocycles. The Morgan fingerprint density at radius 2 is 2.36 bits per heavy atom. The Morgan fingerprint density at radius 3 is 2.93 bits per heavy atom. The molecule has 0 spiro atoms. The fourth-order valence-electron chi connectivity index (χ4n) is 1.28. The van der Waals surface area contributed by atoms with Gasteiger partial charge in [0.25, 0.3) is 0 Å². The number of nitrogens with zero attached hydrogens (tertiary/aromatic N) is 2. The van der Waals surface area contributed by atoms with Crippen molar-refractivity contribution < 1.29 is 4.21 Å². The van der Waals surface area contributed by atoms with Crippen LogP contribution in [0.1, 0.15) is 19.2 Å². The lowest BCUT2D eigenvalue weighted by atomic mass is 10.4. The van der Waals surface area contributed by atoms with Gasteiger partial charge in [0.2, 0.25) is 0 Å². The smallest absolute Gasteiger partial charge is 0.195 e. The Bertz CT molecular complexity index is 369. The maximum absolute atomic E-state index is 10.9. The molecule has 0 bridgehead atoms. The summed E-state index contributed by atoms with van der Waals surface area (Å²) in [6.45, 7) is 2.84. The standard InChI is InChI=1S/C8H15N3OS2/c1-3-7-9-10-8(13)11(7)5-4-6-14(2)12/h3-6H2,1-2H3,(H,10,13). The van der Waals surface area contributed by atoms with Crippen LogP contribution in [-0.4, -0.2) is 31.0 Å². The average molecular weight is 233 g/mol. The molecule has 1 heterocycles. The van der Waals surface area contributed by atoms with Gasteiger partial charge in [-0.25, -0.2) is 0 Å². The lowest BCUT2D eigenvalue weighted by molar-refractivity contribution is 0.631. The molecule has 1 rings (SSSR count). The highest BCUT2D eigenvalue weighted by atomic mass is 32.2. The van der Waals surface area contributed by atoms with Crippen molar-refractivity contribution in [1.82, 2.24) is 14.8 Å². The van der Waals surface area contributed by atoms with Gasteiger partial charge in [0, 0.05) is 35.8 Å².